The van der Waals surface area contributed by atoms with Gasteiger partial charge in [0.25, 0.3) is 5.91 Å². The maximum absolute atomic E-state index is 13.3. The third-order valence-electron chi connectivity index (χ3n) is 4.47. The molecule has 0 fully saturated rings. The smallest absolute Gasteiger partial charge is 0.408 e. The number of carbonyl (C=O) groups excluding carboxylic acids is 1. The van der Waals surface area contributed by atoms with Gasteiger partial charge in [0.1, 0.15) is 5.82 Å². The number of carbonyl (C=O) groups is 1. The Morgan fingerprint density at radius 2 is 1.86 bits per heavy atom. The molecule has 1 N–H and O–H groups in total. The molecule has 3 aromatic carbocycles. The zero-order chi connectivity index (χ0) is 19.7. The minimum absolute atomic E-state index is 0.334. The van der Waals surface area contributed by atoms with E-state index in [2.05, 4.69) is 5.32 Å². The van der Waals surface area contributed by atoms with Crippen LogP contribution in [0.5, 0.6) is 0 Å². The van der Waals surface area contributed by atoms with Crippen molar-refractivity contribution in [1.29, 1.82) is 0 Å². The van der Waals surface area contributed by atoms with Crippen molar-refractivity contribution in [3.8, 4) is 0 Å². The van der Waals surface area contributed by atoms with Gasteiger partial charge in [0.05, 0.1) is 12.1 Å². The highest BCUT2D eigenvalue weighted by atomic mass is 19.1. The Morgan fingerprint density at radius 1 is 1.07 bits per heavy atom. The number of halogens is 1. The summed E-state index contributed by atoms with van der Waals surface area (Å²) in [6.07, 6.45) is 0. The van der Waals surface area contributed by atoms with Crippen LogP contribution in [0.1, 0.15) is 21.5 Å². The molecule has 140 valence electrons. The molecule has 0 atom stereocenters. The topological polar surface area (TPSA) is 64.2 Å². The number of oxazole rings is 1. The predicted octanol–water partition coefficient (Wildman–Crippen LogP) is 4.34. The normalized spacial score (nSPS) is 10.9. The van der Waals surface area contributed by atoms with E-state index >= 15 is 0 Å². The Morgan fingerprint density at radius 3 is 2.61 bits per heavy atom. The summed E-state index contributed by atoms with van der Waals surface area (Å²) in [6.45, 7) is 2.33. The standard InChI is InChI=1S/C22H17FN2O3/c1-14-5-7-15(8-6-14)13-25-19-11-16(9-10-20(19)28-22(25)27)21(26)24-18-4-2-3-17(23)12-18/h2-12H,13H2,1H3,(H,24,26). The van der Waals surface area contributed by atoms with Crippen molar-refractivity contribution >= 4 is 22.7 Å². The average molecular weight is 376 g/mol. The van der Waals surface area contributed by atoms with E-state index in [9.17, 15) is 14.0 Å². The molecule has 0 aliphatic carbocycles. The van der Waals surface area contributed by atoms with Crippen LogP contribution >= 0.6 is 0 Å². The van der Waals surface area contributed by atoms with E-state index in [1.54, 1.807) is 24.3 Å². The van der Waals surface area contributed by atoms with E-state index in [-0.39, 0.29) is 0 Å². The van der Waals surface area contributed by atoms with Crippen molar-refractivity contribution in [3.63, 3.8) is 0 Å². The van der Waals surface area contributed by atoms with Crippen molar-refractivity contribution in [2.45, 2.75) is 13.5 Å². The average Bonchev–Trinajstić information content (AvgIpc) is 2.98. The number of nitrogens with zero attached hydrogens (tertiary/aromatic N) is 1. The van der Waals surface area contributed by atoms with Gasteiger partial charge >= 0.3 is 5.76 Å². The molecule has 1 heterocycles. The molecule has 1 aromatic heterocycles. The van der Waals surface area contributed by atoms with Gasteiger partial charge in [0, 0.05) is 11.3 Å². The first-order chi connectivity index (χ1) is 13.5. The van der Waals surface area contributed by atoms with E-state index in [1.165, 1.54) is 22.8 Å². The third-order valence-corrected chi connectivity index (χ3v) is 4.47. The third kappa shape index (κ3) is 3.57. The van der Waals surface area contributed by atoms with Crippen molar-refractivity contribution in [1.82, 2.24) is 4.57 Å². The maximum atomic E-state index is 13.3. The lowest BCUT2D eigenvalue weighted by molar-refractivity contribution is 0.102. The van der Waals surface area contributed by atoms with Crippen LogP contribution in [0, 0.1) is 12.7 Å². The van der Waals surface area contributed by atoms with Crippen molar-refractivity contribution in [2.75, 3.05) is 5.32 Å². The van der Waals surface area contributed by atoms with Crippen molar-refractivity contribution in [2.24, 2.45) is 0 Å². The lowest BCUT2D eigenvalue weighted by Crippen LogP contribution is -2.15. The molecule has 0 aliphatic rings. The fourth-order valence-corrected chi connectivity index (χ4v) is 3.00. The van der Waals surface area contributed by atoms with E-state index in [4.69, 9.17) is 4.42 Å². The minimum atomic E-state index is -0.488. The second kappa shape index (κ2) is 7.15. The SMILES string of the molecule is Cc1ccc(Cn2c(=O)oc3ccc(C(=O)Nc4cccc(F)c4)cc32)cc1. The minimum Gasteiger partial charge on any atom is -0.408 e. The number of aryl methyl sites for hydroxylation is 1. The van der Waals surface area contributed by atoms with Gasteiger partial charge in [-0.2, -0.15) is 0 Å². The number of fused-ring (bicyclic) bond motifs is 1. The molecular weight excluding hydrogens is 359 g/mol. The summed E-state index contributed by atoms with van der Waals surface area (Å²) >= 11 is 0. The number of amides is 1. The highest BCUT2D eigenvalue weighted by molar-refractivity contribution is 6.05. The number of benzene rings is 3. The van der Waals surface area contributed by atoms with Crippen LogP contribution in [0.25, 0.3) is 11.1 Å². The molecule has 0 radical (unpaired) electrons. The van der Waals surface area contributed by atoms with Gasteiger partial charge in [-0.05, 0) is 48.9 Å². The number of hydrogen-bond donors (Lipinski definition) is 1. The summed E-state index contributed by atoms with van der Waals surface area (Å²) in [6, 6.07) is 18.2. The Balaban J connectivity index is 1.67. The molecule has 1 amide bonds. The molecule has 0 bridgehead atoms. The molecule has 0 saturated carbocycles. The fourth-order valence-electron chi connectivity index (χ4n) is 3.00. The lowest BCUT2D eigenvalue weighted by Gasteiger charge is -2.07. The lowest BCUT2D eigenvalue weighted by atomic mass is 10.1. The van der Waals surface area contributed by atoms with Crippen LogP contribution in [-0.4, -0.2) is 10.5 Å². The largest absolute Gasteiger partial charge is 0.420 e. The number of aromatic nitrogens is 1. The molecule has 6 heteroatoms. The zero-order valence-electron chi connectivity index (χ0n) is 15.1. The van der Waals surface area contributed by atoms with E-state index in [0.29, 0.717) is 28.9 Å². The number of rotatable bonds is 4. The van der Waals surface area contributed by atoms with Gasteiger partial charge in [-0.1, -0.05) is 35.9 Å². The van der Waals surface area contributed by atoms with Crippen LogP contribution in [0.15, 0.2) is 75.9 Å². The van der Waals surface area contributed by atoms with E-state index in [1.807, 2.05) is 31.2 Å². The van der Waals surface area contributed by atoms with Crippen LogP contribution in [0.4, 0.5) is 10.1 Å². The number of nitrogens with one attached hydrogen (secondary N) is 1. The molecule has 0 unspecified atom stereocenters. The Kier molecular flexibility index (Phi) is 4.53. The first-order valence-corrected chi connectivity index (χ1v) is 8.75. The first kappa shape index (κ1) is 17.7. The zero-order valence-corrected chi connectivity index (χ0v) is 15.1. The first-order valence-electron chi connectivity index (χ1n) is 8.75. The highest BCUT2D eigenvalue weighted by Gasteiger charge is 2.14. The van der Waals surface area contributed by atoms with E-state index in [0.717, 1.165) is 11.1 Å². The summed E-state index contributed by atoms with van der Waals surface area (Å²) in [5.41, 5.74) is 3.70. The van der Waals surface area contributed by atoms with Crippen LogP contribution in [0.3, 0.4) is 0 Å². The molecule has 0 spiro atoms. The monoisotopic (exact) mass is 376 g/mol. The molecule has 28 heavy (non-hydrogen) atoms. The van der Waals surface area contributed by atoms with Crippen LogP contribution in [-0.2, 0) is 6.54 Å². The predicted molar refractivity (Wildman–Crippen MR) is 105 cm³/mol. The second-order valence-corrected chi connectivity index (χ2v) is 6.59. The Bertz CT molecular complexity index is 1220. The van der Waals surface area contributed by atoms with Gasteiger partial charge in [-0.15, -0.1) is 0 Å². The number of anilines is 1. The quantitative estimate of drug-likeness (QED) is 0.576. The van der Waals surface area contributed by atoms with Gasteiger partial charge < -0.3 is 9.73 Å². The van der Waals surface area contributed by atoms with Crippen molar-refractivity contribution in [3.05, 3.63) is 99.8 Å². The summed E-state index contributed by atoms with van der Waals surface area (Å²) in [5.74, 6) is -1.32. The van der Waals surface area contributed by atoms with Gasteiger partial charge in [-0.25, -0.2) is 9.18 Å². The molecule has 5 nitrogen and oxygen atoms in total. The van der Waals surface area contributed by atoms with E-state index < -0.39 is 17.5 Å². The van der Waals surface area contributed by atoms with Crippen LogP contribution < -0.4 is 11.1 Å². The fraction of sp³-hybridized carbons (Fsp3) is 0.0909. The number of hydrogen-bond acceptors (Lipinski definition) is 3. The van der Waals surface area contributed by atoms with Crippen molar-refractivity contribution < 1.29 is 13.6 Å². The van der Waals surface area contributed by atoms with Crippen LogP contribution in [0.2, 0.25) is 0 Å². The highest BCUT2D eigenvalue weighted by Crippen LogP contribution is 2.18. The Labute approximate surface area is 160 Å². The van der Waals surface area contributed by atoms with Gasteiger partial charge in [0.15, 0.2) is 5.58 Å². The summed E-state index contributed by atoms with van der Waals surface area (Å²) < 4.78 is 20.1. The summed E-state index contributed by atoms with van der Waals surface area (Å²) in [5, 5.41) is 2.65. The maximum Gasteiger partial charge on any atom is 0.420 e. The molecule has 0 saturated heterocycles. The summed E-state index contributed by atoms with van der Waals surface area (Å²) in [7, 11) is 0. The summed E-state index contributed by atoms with van der Waals surface area (Å²) in [4.78, 5) is 24.8. The second-order valence-electron chi connectivity index (χ2n) is 6.59. The molecule has 0 aliphatic heterocycles. The molecular formula is C22H17FN2O3. The molecule has 4 rings (SSSR count). The molecule has 4 aromatic rings. The Hall–Kier alpha value is -3.67. The van der Waals surface area contributed by atoms with Gasteiger partial charge in [0.2, 0.25) is 0 Å². The van der Waals surface area contributed by atoms with Gasteiger partial charge in [-0.3, -0.25) is 9.36 Å².